The predicted molar refractivity (Wildman–Crippen MR) is 102 cm³/mol. The predicted octanol–water partition coefficient (Wildman–Crippen LogP) is 1.86. The van der Waals surface area contributed by atoms with Crippen LogP contribution in [0.5, 0.6) is 0 Å². The molecular formula is C18H25FN4O4S. The van der Waals surface area contributed by atoms with E-state index >= 15 is 0 Å². The van der Waals surface area contributed by atoms with Gasteiger partial charge in [-0.05, 0) is 25.2 Å². The molecule has 1 N–H and O–H groups in total. The zero-order chi connectivity index (χ0) is 20.3. The summed E-state index contributed by atoms with van der Waals surface area (Å²) in [5, 5.41) is 0.0135. The van der Waals surface area contributed by atoms with Crippen molar-refractivity contribution in [3.63, 3.8) is 0 Å². The quantitative estimate of drug-likeness (QED) is 0.566. The number of thioether (sulfide) groups is 1. The summed E-state index contributed by atoms with van der Waals surface area (Å²) in [5.74, 6) is -0.271. The number of cyclic esters (lactones) is 1. The zero-order valence-electron chi connectivity index (χ0n) is 16.0. The molecule has 2 amide bonds. The fourth-order valence-corrected chi connectivity index (χ4v) is 4.53. The zero-order valence-corrected chi connectivity index (χ0v) is 16.8. The molecule has 1 aromatic heterocycles. The lowest BCUT2D eigenvalue weighted by atomic mass is 9.98. The van der Waals surface area contributed by atoms with E-state index in [-0.39, 0.29) is 34.9 Å². The highest BCUT2D eigenvalue weighted by Crippen LogP contribution is 2.27. The van der Waals surface area contributed by atoms with Crippen LogP contribution in [0, 0.1) is 11.7 Å². The Bertz CT molecular complexity index is 779. The maximum absolute atomic E-state index is 13.6. The number of H-pyrrole nitrogens is 1. The van der Waals surface area contributed by atoms with E-state index in [0.29, 0.717) is 38.5 Å². The fourth-order valence-electron chi connectivity index (χ4n) is 3.73. The minimum atomic E-state index is -0.653. The third-order valence-corrected chi connectivity index (χ3v) is 6.01. The van der Waals surface area contributed by atoms with Gasteiger partial charge in [0.15, 0.2) is 5.82 Å². The number of halogens is 1. The van der Waals surface area contributed by atoms with E-state index in [2.05, 4.69) is 23.8 Å². The van der Waals surface area contributed by atoms with E-state index in [1.165, 1.54) is 0 Å². The molecule has 0 aromatic carbocycles. The second kappa shape index (κ2) is 8.93. The summed E-state index contributed by atoms with van der Waals surface area (Å²) >= 11 is 0.950. The van der Waals surface area contributed by atoms with Gasteiger partial charge in [0.1, 0.15) is 11.6 Å². The third-order valence-electron chi connectivity index (χ3n) is 5.03. The molecule has 2 aliphatic rings. The molecule has 154 valence electrons. The van der Waals surface area contributed by atoms with Crippen molar-refractivity contribution in [2.24, 2.45) is 5.92 Å². The molecule has 2 fully saturated rings. The van der Waals surface area contributed by atoms with Crippen molar-refractivity contribution in [3.05, 3.63) is 22.5 Å². The SMILES string of the molecule is CC(C)C[C@H]1COC(=O)N1C1CCN(C(=O)CSc2[nH]c(=O)ncc2F)CC1. The van der Waals surface area contributed by atoms with Crippen molar-refractivity contribution < 1.29 is 18.7 Å². The maximum Gasteiger partial charge on any atom is 0.410 e. The van der Waals surface area contributed by atoms with Crippen LogP contribution >= 0.6 is 11.8 Å². The standard InChI is InChI=1S/C18H25FN4O4S/c1-11(2)7-13-9-27-18(26)23(13)12-3-5-22(6-4-12)15(24)10-28-16-14(19)8-20-17(25)21-16/h8,11-13H,3-7,9-10H2,1-2H3,(H,20,21,25)/t13-/m0/s1. The number of nitrogens with zero attached hydrogens (tertiary/aromatic N) is 3. The Kier molecular flexibility index (Phi) is 6.58. The molecule has 0 radical (unpaired) electrons. The van der Waals surface area contributed by atoms with Crippen LogP contribution in [0.15, 0.2) is 16.0 Å². The summed E-state index contributed by atoms with van der Waals surface area (Å²) in [6, 6.07) is 0.172. The maximum atomic E-state index is 13.6. The molecule has 3 rings (SSSR count). The van der Waals surface area contributed by atoms with Crippen LogP contribution in [0.4, 0.5) is 9.18 Å². The minimum Gasteiger partial charge on any atom is -0.447 e. The molecule has 1 aromatic rings. The summed E-state index contributed by atoms with van der Waals surface area (Å²) < 4.78 is 18.9. The first-order chi connectivity index (χ1) is 13.3. The number of hydrogen-bond donors (Lipinski definition) is 1. The van der Waals surface area contributed by atoms with Gasteiger partial charge in [0.05, 0.1) is 18.0 Å². The molecule has 0 saturated carbocycles. The lowest BCUT2D eigenvalue weighted by Crippen LogP contribution is -2.50. The molecule has 28 heavy (non-hydrogen) atoms. The average molecular weight is 412 g/mol. The Morgan fingerprint density at radius 3 is 2.79 bits per heavy atom. The van der Waals surface area contributed by atoms with E-state index < -0.39 is 11.5 Å². The van der Waals surface area contributed by atoms with Gasteiger partial charge in [-0.2, -0.15) is 4.98 Å². The highest BCUT2D eigenvalue weighted by atomic mass is 32.2. The molecule has 0 unspecified atom stereocenters. The molecule has 3 heterocycles. The Balaban J connectivity index is 1.51. The minimum absolute atomic E-state index is 0.0135. The van der Waals surface area contributed by atoms with E-state index in [1.54, 1.807) is 4.90 Å². The molecule has 0 bridgehead atoms. The molecule has 0 spiro atoms. The molecule has 2 saturated heterocycles. The molecule has 2 aliphatic heterocycles. The lowest BCUT2D eigenvalue weighted by Gasteiger charge is -2.38. The summed E-state index contributed by atoms with van der Waals surface area (Å²) in [7, 11) is 0. The number of carbonyl (C=O) groups excluding carboxylic acids is 2. The van der Waals surface area contributed by atoms with Gasteiger partial charge < -0.3 is 9.64 Å². The van der Waals surface area contributed by atoms with Crippen molar-refractivity contribution in [1.29, 1.82) is 0 Å². The average Bonchev–Trinajstić information content (AvgIpc) is 3.02. The van der Waals surface area contributed by atoms with E-state index in [9.17, 15) is 18.8 Å². The summed E-state index contributed by atoms with van der Waals surface area (Å²) in [6.07, 6.45) is 2.88. The first-order valence-electron chi connectivity index (χ1n) is 9.45. The Morgan fingerprint density at radius 1 is 1.39 bits per heavy atom. The molecule has 10 heteroatoms. The number of carbonyl (C=O) groups is 2. The van der Waals surface area contributed by atoms with Crippen molar-refractivity contribution >= 4 is 23.8 Å². The van der Waals surface area contributed by atoms with Gasteiger partial charge >= 0.3 is 11.8 Å². The first kappa shape index (κ1) is 20.6. The Labute approximate surface area is 166 Å². The van der Waals surface area contributed by atoms with Crippen LogP contribution in [0.3, 0.4) is 0 Å². The molecule has 8 nitrogen and oxygen atoms in total. The van der Waals surface area contributed by atoms with Crippen LogP contribution in [-0.4, -0.2) is 69.3 Å². The number of ether oxygens (including phenoxy) is 1. The Hall–Kier alpha value is -2.10. The summed E-state index contributed by atoms with van der Waals surface area (Å²) in [5.41, 5.74) is -0.648. The van der Waals surface area contributed by atoms with Gasteiger partial charge in [0.25, 0.3) is 0 Å². The largest absolute Gasteiger partial charge is 0.447 e. The lowest BCUT2D eigenvalue weighted by molar-refractivity contribution is -0.129. The van der Waals surface area contributed by atoms with Crippen LogP contribution in [0.2, 0.25) is 0 Å². The van der Waals surface area contributed by atoms with Crippen LogP contribution in [-0.2, 0) is 9.53 Å². The number of likely N-dealkylation sites (tertiary alicyclic amines) is 1. The number of piperidine rings is 1. The van der Waals surface area contributed by atoms with Crippen molar-refractivity contribution in [3.8, 4) is 0 Å². The normalized spacial score (nSPS) is 20.7. The number of nitrogens with one attached hydrogen (secondary N) is 1. The van der Waals surface area contributed by atoms with Gasteiger partial charge in [-0.1, -0.05) is 25.6 Å². The van der Waals surface area contributed by atoms with Gasteiger partial charge in [-0.3, -0.25) is 14.7 Å². The summed E-state index contributed by atoms with van der Waals surface area (Å²) in [6.45, 7) is 5.76. The van der Waals surface area contributed by atoms with E-state index in [4.69, 9.17) is 4.74 Å². The van der Waals surface area contributed by atoms with Crippen LogP contribution < -0.4 is 5.69 Å². The second-order valence-electron chi connectivity index (χ2n) is 7.53. The van der Waals surface area contributed by atoms with Crippen molar-refractivity contribution in [1.82, 2.24) is 19.8 Å². The van der Waals surface area contributed by atoms with Gasteiger partial charge in [0.2, 0.25) is 5.91 Å². The number of hydrogen-bond acceptors (Lipinski definition) is 6. The molecule has 0 aliphatic carbocycles. The first-order valence-corrected chi connectivity index (χ1v) is 10.4. The number of aromatic amines is 1. The monoisotopic (exact) mass is 412 g/mol. The fraction of sp³-hybridized carbons (Fsp3) is 0.667. The highest BCUT2D eigenvalue weighted by Gasteiger charge is 2.39. The van der Waals surface area contributed by atoms with Crippen LogP contribution in [0.1, 0.15) is 33.1 Å². The molecular weight excluding hydrogens is 387 g/mol. The number of rotatable bonds is 6. The van der Waals surface area contributed by atoms with Gasteiger partial charge in [0, 0.05) is 19.1 Å². The van der Waals surface area contributed by atoms with Crippen LogP contribution in [0.25, 0.3) is 0 Å². The highest BCUT2D eigenvalue weighted by molar-refractivity contribution is 7.99. The second-order valence-corrected chi connectivity index (χ2v) is 8.52. The molecule has 1 atom stereocenters. The Morgan fingerprint density at radius 2 is 2.11 bits per heavy atom. The van der Waals surface area contributed by atoms with Gasteiger partial charge in [-0.15, -0.1) is 0 Å². The van der Waals surface area contributed by atoms with E-state index in [0.717, 1.165) is 24.4 Å². The topological polar surface area (TPSA) is 95.6 Å². The van der Waals surface area contributed by atoms with Crippen molar-refractivity contribution in [2.45, 2.75) is 50.2 Å². The smallest absolute Gasteiger partial charge is 0.410 e. The summed E-state index contributed by atoms with van der Waals surface area (Å²) in [4.78, 5) is 44.9. The van der Waals surface area contributed by atoms with Gasteiger partial charge in [-0.25, -0.2) is 14.0 Å². The van der Waals surface area contributed by atoms with E-state index in [1.807, 2.05) is 4.90 Å². The van der Waals surface area contributed by atoms with Crippen molar-refractivity contribution in [2.75, 3.05) is 25.4 Å². The third kappa shape index (κ3) is 4.84. The number of amides is 2. The number of aromatic nitrogens is 2.